The Hall–Kier alpha value is -1.80. The molecule has 0 fully saturated rings. The predicted octanol–water partition coefficient (Wildman–Crippen LogP) is 3.29. The zero-order valence-corrected chi connectivity index (χ0v) is 17.4. The normalized spacial score (nSPS) is 12.5. The monoisotopic (exact) mass is 430 g/mol. The van der Waals surface area contributed by atoms with E-state index in [0.29, 0.717) is 15.6 Å². The Kier molecular flexibility index (Phi) is 7.11. The number of carbonyl (C=O) groups is 1. The molecule has 1 atom stereocenters. The van der Waals surface area contributed by atoms with E-state index in [1.54, 1.807) is 37.3 Å². The number of ether oxygens (including phenoxy) is 1. The second-order valence-electron chi connectivity index (χ2n) is 5.95. The van der Waals surface area contributed by atoms with Crippen LogP contribution in [-0.2, 0) is 21.4 Å². The van der Waals surface area contributed by atoms with E-state index in [9.17, 15) is 13.2 Å². The van der Waals surface area contributed by atoms with E-state index in [4.69, 9.17) is 27.9 Å². The standard InChI is InChI=1S/C18H20Cl2N2O4S/c1-11-4-7-16(26-3)17(8-11)27(24,25)22-12(2)18(23)21-10-13-5-6-14(19)9-15(13)20/h4-9,12,22H,10H2,1-3H3,(H,21,23)/t12-/m0/s1. The smallest absolute Gasteiger partial charge is 0.244 e. The molecule has 2 aromatic rings. The number of methoxy groups -OCH3 is 1. The third kappa shape index (κ3) is 5.59. The Bertz CT molecular complexity index is 948. The number of hydrogen-bond donors (Lipinski definition) is 2. The molecule has 9 heteroatoms. The Balaban J connectivity index is 2.08. The molecule has 27 heavy (non-hydrogen) atoms. The maximum atomic E-state index is 12.6. The van der Waals surface area contributed by atoms with Crippen molar-refractivity contribution in [3.63, 3.8) is 0 Å². The van der Waals surface area contributed by atoms with Gasteiger partial charge in [-0.1, -0.05) is 35.3 Å². The molecular weight excluding hydrogens is 411 g/mol. The van der Waals surface area contributed by atoms with E-state index < -0.39 is 22.0 Å². The largest absolute Gasteiger partial charge is 0.495 e. The summed E-state index contributed by atoms with van der Waals surface area (Å²) in [4.78, 5) is 12.3. The van der Waals surface area contributed by atoms with Crippen LogP contribution in [0.5, 0.6) is 5.75 Å². The number of carbonyl (C=O) groups excluding carboxylic acids is 1. The molecule has 0 aliphatic heterocycles. The fourth-order valence-corrected chi connectivity index (χ4v) is 4.28. The van der Waals surface area contributed by atoms with E-state index >= 15 is 0 Å². The number of hydrogen-bond acceptors (Lipinski definition) is 4. The molecule has 0 radical (unpaired) electrons. The molecule has 6 nitrogen and oxygen atoms in total. The molecule has 0 saturated heterocycles. The number of nitrogens with one attached hydrogen (secondary N) is 2. The van der Waals surface area contributed by atoms with E-state index in [1.807, 2.05) is 0 Å². The summed E-state index contributed by atoms with van der Waals surface area (Å²) in [5, 5.41) is 3.55. The van der Waals surface area contributed by atoms with E-state index in [2.05, 4.69) is 10.0 Å². The minimum Gasteiger partial charge on any atom is -0.495 e. The summed E-state index contributed by atoms with van der Waals surface area (Å²) in [5.41, 5.74) is 1.43. The van der Waals surface area contributed by atoms with Crippen molar-refractivity contribution < 1.29 is 17.9 Å². The lowest BCUT2D eigenvalue weighted by Gasteiger charge is -2.16. The van der Waals surface area contributed by atoms with Gasteiger partial charge in [0.2, 0.25) is 15.9 Å². The first-order chi connectivity index (χ1) is 12.6. The molecule has 0 aliphatic carbocycles. The van der Waals surface area contributed by atoms with Crippen LogP contribution in [0.3, 0.4) is 0 Å². The van der Waals surface area contributed by atoms with Crippen LogP contribution in [0.15, 0.2) is 41.3 Å². The number of amides is 1. The maximum absolute atomic E-state index is 12.6. The summed E-state index contributed by atoms with van der Waals surface area (Å²) in [6.07, 6.45) is 0. The van der Waals surface area contributed by atoms with Crippen LogP contribution in [-0.4, -0.2) is 27.5 Å². The molecule has 0 unspecified atom stereocenters. The van der Waals surface area contributed by atoms with Gasteiger partial charge in [0, 0.05) is 16.6 Å². The highest BCUT2D eigenvalue weighted by Crippen LogP contribution is 2.25. The maximum Gasteiger partial charge on any atom is 0.244 e. The van der Waals surface area contributed by atoms with Gasteiger partial charge in [-0.25, -0.2) is 8.42 Å². The summed E-state index contributed by atoms with van der Waals surface area (Å²) >= 11 is 11.9. The van der Waals surface area contributed by atoms with E-state index in [-0.39, 0.29) is 17.2 Å². The van der Waals surface area contributed by atoms with Crippen molar-refractivity contribution in [2.45, 2.75) is 31.3 Å². The Labute approximate surface area is 168 Å². The SMILES string of the molecule is COc1ccc(C)cc1S(=O)(=O)N[C@@H](C)C(=O)NCc1ccc(Cl)cc1Cl. The molecule has 0 aliphatic rings. The highest BCUT2D eigenvalue weighted by molar-refractivity contribution is 7.89. The van der Waals surface area contributed by atoms with Crippen molar-refractivity contribution in [3.05, 3.63) is 57.6 Å². The minimum absolute atomic E-state index is 0.0228. The fourth-order valence-electron chi connectivity index (χ4n) is 2.34. The summed E-state index contributed by atoms with van der Waals surface area (Å²) in [6.45, 7) is 3.37. The van der Waals surface area contributed by atoms with Gasteiger partial charge in [0.1, 0.15) is 10.6 Å². The van der Waals surface area contributed by atoms with E-state index in [0.717, 1.165) is 5.56 Å². The van der Waals surface area contributed by atoms with Crippen molar-refractivity contribution in [3.8, 4) is 5.75 Å². The van der Waals surface area contributed by atoms with Gasteiger partial charge in [-0.15, -0.1) is 0 Å². The van der Waals surface area contributed by atoms with Gasteiger partial charge in [-0.05, 0) is 49.2 Å². The Morgan fingerprint density at radius 1 is 1.19 bits per heavy atom. The van der Waals surface area contributed by atoms with Gasteiger partial charge >= 0.3 is 0 Å². The van der Waals surface area contributed by atoms with Crippen molar-refractivity contribution in [2.75, 3.05) is 7.11 Å². The minimum atomic E-state index is -3.95. The summed E-state index contributed by atoms with van der Waals surface area (Å²) in [7, 11) is -2.56. The van der Waals surface area contributed by atoms with Crippen LogP contribution in [0.1, 0.15) is 18.1 Å². The number of sulfonamides is 1. The predicted molar refractivity (Wildman–Crippen MR) is 106 cm³/mol. The summed E-state index contributed by atoms with van der Waals surface area (Å²) in [6, 6.07) is 8.72. The van der Waals surface area contributed by atoms with Crippen LogP contribution < -0.4 is 14.8 Å². The molecule has 2 rings (SSSR count). The molecule has 2 N–H and O–H groups in total. The average Bonchev–Trinajstić information content (AvgIpc) is 2.60. The molecular formula is C18H20Cl2N2O4S. The van der Waals surface area contributed by atoms with Crippen LogP contribution in [0.2, 0.25) is 10.0 Å². The van der Waals surface area contributed by atoms with Crippen molar-refractivity contribution in [2.24, 2.45) is 0 Å². The summed E-state index contributed by atoms with van der Waals surface area (Å²) in [5.74, 6) is -0.287. The highest BCUT2D eigenvalue weighted by Gasteiger charge is 2.25. The van der Waals surface area contributed by atoms with Gasteiger partial charge in [0.25, 0.3) is 0 Å². The number of rotatable bonds is 7. The van der Waals surface area contributed by atoms with Gasteiger partial charge in [-0.2, -0.15) is 4.72 Å². The van der Waals surface area contributed by atoms with Crippen LogP contribution >= 0.6 is 23.2 Å². The lowest BCUT2D eigenvalue weighted by atomic mass is 10.2. The van der Waals surface area contributed by atoms with Gasteiger partial charge in [-0.3, -0.25) is 4.79 Å². The van der Waals surface area contributed by atoms with Crippen LogP contribution in [0.25, 0.3) is 0 Å². The van der Waals surface area contributed by atoms with Gasteiger partial charge in [0.15, 0.2) is 0 Å². The van der Waals surface area contributed by atoms with Gasteiger partial charge < -0.3 is 10.1 Å². The fraction of sp³-hybridized carbons (Fsp3) is 0.278. The molecule has 0 saturated carbocycles. The molecule has 0 spiro atoms. The average molecular weight is 431 g/mol. The number of benzene rings is 2. The van der Waals surface area contributed by atoms with Crippen molar-refractivity contribution in [1.82, 2.24) is 10.0 Å². The molecule has 1 amide bonds. The Morgan fingerprint density at radius 3 is 2.52 bits per heavy atom. The molecule has 2 aromatic carbocycles. The first-order valence-electron chi connectivity index (χ1n) is 8.02. The molecule has 0 bridgehead atoms. The first-order valence-corrected chi connectivity index (χ1v) is 10.3. The van der Waals surface area contributed by atoms with Crippen molar-refractivity contribution in [1.29, 1.82) is 0 Å². The first kappa shape index (κ1) is 21.5. The zero-order valence-electron chi connectivity index (χ0n) is 15.0. The van der Waals surface area contributed by atoms with Gasteiger partial charge in [0.05, 0.1) is 13.2 Å². The van der Waals surface area contributed by atoms with Crippen LogP contribution in [0, 0.1) is 6.92 Å². The number of aryl methyl sites for hydroxylation is 1. The summed E-state index contributed by atoms with van der Waals surface area (Å²) < 4.78 is 32.7. The highest BCUT2D eigenvalue weighted by atomic mass is 35.5. The van der Waals surface area contributed by atoms with Crippen LogP contribution in [0.4, 0.5) is 0 Å². The topological polar surface area (TPSA) is 84.5 Å². The van der Waals surface area contributed by atoms with E-state index in [1.165, 1.54) is 20.1 Å². The third-order valence-corrected chi connectivity index (χ3v) is 5.95. The Morgan fingerprint density at radius 2 is 1.89 bits per heavy atom. The number of halogens is 2. The molecule has 0 heterocycles. The molecule has 146 valence electrons. The molecule has 0 aromatic heterocycles. The lowest BCUT2D eigenvalue weighted by Crippen LogP contribution is -2.44. The quantitative estimate of drug-likeness (QED) is 0.705. The third-order valence-electron chi connectivity index (χ3n) is 3.80. The zero-order chi connectivity index (χ0) is 20.2. The lowest BCUT2D eigenvalue weighted by molar-refractivity contribution is -0.122. The van der Waals surface area contributed by atoms with Crippen molar-refractivity contribution >= 4 is 39.1 Å². The second kappa shape index (κ2) is 8.93. The second-order valence-corrected chi connectivity index (χ2v) is 8.48.